The third-order valence-corrected chi connectivity index (χ3v) is 7.20. The summed E-state index contributed by atoms with van der Waals surface area (Å²) in [7, 11) is 0. The van der Waals surface area contributed by atoms with Gasteiger partial charge in [-0.05, 0) is 25.0 Å². The molecule has 0 saturated heterocycles. The summed E-state index contributed by atoms with van der Waals surface area (Å²) < 4.78 is 24.2. The molecule has 2 N–H and O–H groups in total. The highest BCUT2D eigenvalue weighted by atomic mass is 35.5. The molecule has 0 amide bonds. The molecule has 7 nitrogen and oxygen atoms in total. The summed E-state index contributed by atoms with van der Waals surface area (Å²) >= 11 is 8.41. The molecule has 4 rings (SSSR count). The number of halogens is 2. The lowest BCUT2D eigenvalue weighted by Gasteiger charge is -2.20. The van der Waals surface area contributed by atoms with Crippen molar-refractivity contribution in [2.45, 2.75) is 31.7 Å². The van der Waals surface area contributed by atoms with Gasteiger partial charge in [-0.1, -0.05) is 35.7 Å². The van der Waals surface area contributed by atoms with Crippen molar-refractivity contribution in [3.8, 4) is 16.3 Å². The zero-order chi connectivity index (χ0) is 22.8. The van der Waals surface area contributed by atoms with Gasteiger partial charge in [0, 0.05) is 29.7 Å². The molecule has 32 heavy (non-hydrogen) atoms. The molecule has 1 aliphatic heterocycles. The van der Waals surface area contributed by atoms with E-state index in [0.29, 0.717) is 17.0 Å². The molecule has 11 heteroatoms. The lowest BCUT2D eigenvalue weighted by Crippen LogP contribution is -2.27. The van der Waals surface area contributed by atoms with Crippen LogP contribution in [0.4, 0.5) is 4.39 Å². The van der Waals surface area contributed by atoms with Gasteiger partial charge in [0.25, 0.3) is 0 Å². The van der Waals surface area contributed by atoms with Crippen LogP contribution in [0.1, 0.15) is 34.3 Å². The average Bonchev–Trinajstić information content (AvgIpc) is 3.22. The van der Waals surface area contributed by atoms with Crippen molar-refractivity contribution in [1.82, 2.24) is 14.3 Å². The molecule has 0 saturated carbocycles. The van der Waals surface area contributed by atoms with E-state index in [9.17, 15) is 19.1 Å². The maximum absolute atomic E-state index is 14.2. The SMILES string of the molecule is CC1CCOC(=O)c2c(O)c(=O)c(-c3ncc(Cc4cccc(Cl)c4F)s3)cn2CSN1. The Bertz CT molecular complexity index is 1230. The van der Waals surface area contributed by atoms with E-state index in [1.54, 1.807) is 18.3 Å². The maximum Gasteiger partial charge on any atom is 0.359 e. The van der Waals surface area contributed by atoms with Crippen LogP contribution < -0.4 is 10.2 Å². The Morgan fingerprint density at radius 2 is 2.22 bits per heavy atom. The van der Waals surface area contributed by atoms with Crippen molar-refractivity contribution >= 4 is 40.9 Å². The summed E-state index contributed by atoms with van der Waals surface area (Å²) in [5, 5.41) is 10.9. The van der Waals surface area contributed by atoms with Crippen molar-refractivity contribution in [3.63, 3.8) is 0 Å². The molecular formula is C21H19ClFN3O4S2. The smallest absolute Gasteiger partial charge is 0.359 e. The number of rotatable bonds is 3. The van der Waals surface area contributed by atoms with Crippen LogP contribution in [-0.4, -0.2) is 33.3 Å². The van der Waals surface area contributed by atoms with E-state index < -0.39 is 23.0 Å². The minimum atomic E-state index is -0.753. The fourth-order valence-electron chi connectivity index (χ4n) is 3.21. The molecule has 0 aliphatic carbocycles. The number of carbonyl (C=O) groups excluding carboxylic acids is 1. The van der Waals surface area contributed by atoms with Crippen LogP contribution in [0.15, 0.2) is 35.4 Å². The van der Waals surface area contributed by atoms with Crippen LogP contribution in [0.3, 0.4) is 0 Å². The van der Waals surface area contributed by atoms with E-state index in [1.165, 1.54) is 40.1 Å². The molecule has 1 aliphatic rings. The predicted molar refractivity (Wildman–Crippen MR) is 123 cm³/mol. The summed E-state index contributed by atoms with van der Waals surface area (Å²) in [4.78, 5) is 30.3. The summed E-state index contributed by atoms with van der Waals surface area (Å²) in [6, 6.07) is 4.89. The fourth-order valence-corrected chi connectivity index (χ4v) is 5.17. The first kappa shape index (κ1) is 22.8. The molecule has 0 fully saturated rings. The zero-order valence-corrected chi connectivity index (χ0v) is 19.3. The molecule has 3 aromatic rings. The monoisotopic (exact) mass is 495 g/mol. The Kier molecular flexibility index (Phi) is 6.85. The van der Waals surface area contributed by atoms with E-state index >= 15 is 0 Å². The number of aromatic nitrogens is 2. The number of hydrogen-bond acceptors (Lipinski definition) is 8. The molecule has 0 bridgehead atoms. The van der Waals surface area contributed by atoms with Gasteiger partial charge in [-0.2, -0.15) is 0 Å². The molecule has 0 radical (unpaired) electrons. The van der Waals surface area contributed by atoms with Crippen LogP contribution in [0.25, 0.3) is 10.6 Å². The quantitative estimate of drug-likeness (QED) is 0.415. The van der Waals surface area contributed by atoms with Crippen LogP contribution in [0.2, 0.25) is 5.02 Å². The van der Waals surface area contributed by atoms with E-state index in [-0.39, 0.29) is 41.2 Å². The number of pyridine rings is 1. The lowest BCUT2D eigenvalue weighted by atomic mass is 10.1. The first-order valence-corrected chi connectivity index (χ1v) is 11.9. The maximum atomic E-state index is 14.2. The van der Waals surface area contributed by atoms with Gasteiger partial charge >= 0.3 is 5.97 Å². The number of benzene rings is 1. The molecule has 2 aromatic heterocycles. The fraction of sp³-hybridized carbons (Fsp3) is 0.286. The number of hydrogen-bond donors (Lipinski definition) is 2. The third-order valence-electron chi connectivity index (χ3n) is 4.90. The van der Waals surface area contributed by atoms with Gasteiger partial charge in [0.2, 0.25) is 5.43 Å². The zero-order valence-electron chi connectivity index (χ0n) is 16.9. The Labute approximate surface area is 196 Å². The molecule has 168 valence electrons. The van der Waals surface area contributed by atoms with Crippen LogP contribution in [-0.2, 0) is 17.0 Å². The van der Waals surface area contributed by atoms with Gasteiger partial charge in [-0.3, -0.25) is 9.52 Å². The first-order valence-electron chi connectivity index (χ1n) is 9.74. The number of esters is 1. The number of cyclic esters (lactones) is 1. The van der Waals surface area contributed by atoms with Crippen molar-refractivity contribution in [1.29, 1.82) is 0 Å². The summed E-state index contributed by atoms with van der Waals surface area (Å²) in [6.07, 6.45) is 3.91. The van der Waals surface area contributed by atoms with Gasteiger partial charge < -0.3 is 14.4 Å². The van der Waals surface area contributed by atoms with Gasteiger partial charge in [0.05, 0.1) is 23.1 Å². The Morgan fingerprint density at radius 3 is 3.03 bits per heavy atom. The summed E-state index contributed by atoms with van der Waals surface area (Å²) in [5.41, 5.74) is -0.350. The van der Waals surface area contributed by atoms with Crippen LogP contribution in [0, 0.1) is 5.82 Å². The van der Waals surface area contributed by atoms with Crippen molar-refractivity contribution in [2.24, 2.45) is 0 Å². The van der Waals surface area contributed by atoms with Crippen LogP contribution >= 0.6 is 34.9 Å². The average molecular weight is 496 g/mol. The Morgan fingerprint density at radius 1 is 1.41 bits per heavy atom. The second-order valence-electron chi connectivity index (χ2n) is 7.28. The highest BCUT2D eigenvalue weighted by Crippen LogP contribution is 2.29. The second kappa shape index (κ2) is 9.62. The largest absolute Gasteiger partial charge is 0.502 e. The van der Waals surface area contributed by atoms with E-state index in [4.69, 9.17) is 16.3 Å². The third kappa shape index (κ3) is 4.68. The van der Waals surface area contributed by atoms with Gasteiger partial charge in [-0.25, -0.2) is 14.2 Å². The minimum Gasteiger partial charge on any atom is -0.502 e. The highest BCUT2D eigenvalue weighted by molar-refractivity contribution is 7.96. The number of fused-ring (bicyclic) bond motifs is 1. The summed E-state index contributed by atoms with van der Waals surface area (Å²) in [5.74, 6) is -1.66. The van der Waals surface area contributed by atoms with Gasteiger partial charge in [0.15, 0.2) is 11.4 Å². The van der Waals surface area contributed by atoms with E-state index in [0.717, 1.165) is 4.88 Å². The minimum absolute atomic E-state index is 0.0381. The van der Waals surface area contributed by atoms with Crippen molar-refractivity contribution in [3.05, 3.63) is 67.8 Å². The first-order chi connectivity index (χ1) is 15.3. The number of thiazole rings is 1. The molecule has 3 heterocycles. The number of nitrogens with one attached hydrogen (secondary N) is 1. The Balaban J connectivity index is 1.70. The molecule has 0 spiro atoms. The van der Waals surface area contributed by atoms with E-state index in [1.807, 2.05) is 6.92 Å². The van der Waals surface area contributed by atoms with Gasteiger partial charge in [0.1, 0.15) is 10.8 Å². The molecule has 1 aromatic carbocycles. The summed E-state index contributed by atoms with van der Waals surface area (Å²) in [6.45, 7) is 2.14. The predicted octanol–water partition coefficient (Wildman–Crippen LogP) is 4.21. The lowest BCUT2D eigenvalue weighted by molar-refractivity contribution is 0.0476. The molecule has 1 atom stereocenters. The standard InChI is InChI=1S/C21H19ClFN3O4S2/c1-11-5-6-30-21(29)17-19(28)18(27)14(9-26(17)10-31-25-11)20-24-8-13(32-20)7-12-3-2-4-15(22)16(12)23/h2-4,8-9,11,25,28H,5-7,10H2,1H3. The van der Waals surface area contributed by atoms with Crippen molar-refractivity contribution in [2.75, 3.05) is 6.61 Å². The topological polar surface area (TPSA) is 93.5 Å². The van der Waals surface area contributed by atoms with Crippen LogP contribution in [0.5, 0.6) is 5.75 Å². The van der Waals surface area contributed by atoms with Gasteiger partial charge in [-0.15, -0.1) is 11.3 Å². The normalized spacial score (nSPS) is 17.0. The molecule has 1 unspecified atom stereocenters. The number of nitrogens with zero attached hydrogens (tertiary/aromatic N) is 2. The van der Waals surface area contributed by atoms with E-state index in [2.05, 4.69) is 9.71 Å². The second-order valence-corrected chi connectivity index (χ2v) is 9.58. The Hall–Kier alpha value is -2.40. The molecular weight excluding hydrogens is 477 g/mol. The van der Waals surface area contributed by atoms with Crippen molar-refractivity contribution < 1.29 is 19.0 Å². The highest BCUT2D eigenvalue weighted by Gasteiger charge is 2.25. The number of carbonyl (C=O) groups is 1. The number of ether oxygens (including phenoxy) is 1. The number of aromatic hydroxyl groups is 1.